The number of benzene rings is 1. The number of halogens is 1. The van der Waals surface area contributed by atoms with Crippen LogP contribution in [0.4, 0.5) is 0 Å². The quantitative estimate of drug-likeness (QED) is 0.580. The molecule has 1 aromatic carbocycles. The highest BCUT2D eigenvalue weighted by Gasteiger charge is 2.14. The molecule has 0 aliphatic heterocycles. The lowest BCUT2D eigenvalue weighted by Gasteiger charge is -2.15. The van der Waals surface area contributed by atoms with E-state index < -0.39 is 6.10 Å². The van der Waals surface area contributed by atoms with E-state index >= 15 is 0 Å². The van der Waals surface area contributed by atoms with Crippen molar-refractivity contribution in [3.63, 3.8) is 0 Å². The van der Waals surface area contributed by atoms with E-state index in [-0.39, 0.29) is 5.91 Å². The molecular weight excluding hydrogens is 326 g/mol. The van der Waals surface area contributed by atoms with Gasteiger partial charge in [-0.3, -0.25) is 9.59 Å². The fourth-order valence-corrected chi connectivity index (χ4v) is 1.86. The van der Waals surface area contributed by atoms with Gasteiger partial charge in [0.05, 0.1) is 0 Å². The highest BCUT2D eigenvalue weighted by molar-refractivity contribution is 9.10. The van der Waals surface area contributed by atoms with Crippen LogP contribution in [0.5, 0.6) is 5.75 Å². The highest BCUT2D eigenvalue weighted by Crippen LogP contribution is 2.21. The van der Waals surface area contributed by atoms with Gasteiger partial charge in [-0.25, -0.2) is 0 Å². The van der Waals surface area contributed by atoms with Crippen LogP contribution in [0.2, 0.25) is 0 Å². The van der Waals surface area contributed by atoms with Crippen LogP contribution in [0.25, 0.3) is 0 Å². The van der Waals surface area contributed by atoms with E-state index in [1.807, 2.05) is 0 Å². The molecule has 5 nitrogen and oxygen atoms in total. The molecule has 0 saturated heterocycles. The fraction of sp³-hybridized carbons (Fsp3) is 0.429. The van der Waals surface area contributed by atoms with Crippen LogP contribution < -0.4 is 10.1 Å². The van der Waals surface area contributed by atoms with Gasteiger partial charge in [0.2, 0.25) is 0 Å². The minimum Gasteiger partial charge on any atom is -0.481 e. The summed E-state index contributed by atoms with van der Waals surface area (Å²) >= 11 is 3.26. The Labute approximate surface area is 126 Å². The molecule has 1 aromatic rings. The van der Waals surface area contributed by atoms with E-state index in [4.69, 9.17) is 9.47 Å². The Bertz CT molecular complexity index is 464. The Balaban J connectivity index is 2.50. The predicted molar refractivity (Wildman–Crippen MR) is 79.1 cm³/mol. The minimum atomic E-state index is -0.627. The number of methoxy groups -OCH3 is 1. The third-order valence-corrected chi connectivity index (χ3v) is 3.32. The molecule has 0 heterocycles. The zero-order valence-electron chi connectivity index (χ0n) is 11.5. The van der Waals surface area contributed by atoms with Crippen LogP contribution in [0.3, 0.4) is 0 Å². The number of hydrogen-bond acceptors (Lipinski definition) is 4. The van der Waals surface area contributed by atoms with Crippen molar-refractivity contribution < 1.29 is 19.1 Å². The minimum absolute atomic E-state index is 0.198. The molecule has 0 radical (unpaired) electrons. The van der Waals surface area contributed by atoms with Gasteiger partial charge in [-0.2, -0.15) is 0 Å². The summed E-state index contributed by atoms with van der Waals surface area (Å²) in [6.07, 6.45) is 0.854. The maximum absolute atomic E-state index is 11.8. The highest BCUT2D eigenvalue weighted by atomic mass is 79.9. The van der Waals surface area contributed by atoms with Crippen LogP contribution in [0.15, 0.2) is 22.7 Å². The first-order valence-corrected chi connectivity index (χ1v) is 7.05. The van der Waals surface area contributed by atoms with E-state index in [1.165, 1.54) is 0 Å². The maximum Gasteiger partial charge on any atom is 0.260 e. The van der Waals surface area contributed by atoms with Crippen molar-refractivity contribution in [1.29, 1.82) is 0 Å². The zero-order chi connectivity index (χ0) is 15.0. The molecular formula is C14H18BrNO4. The van der Waals surface area contributed by atoms with Gasteiger partial charge >= 0.3 is 0 Å². The molecule has 0 aliphatic carbocycles. The molecule has 0 aromatic heterocycles. The number of amides is 1. The Morgan fingerprint density at radius 1 is 1.50 bits per heavy atom. The second-order valence-corrected chi connectivity index (χ2v) is 5.05. The number of carbonyl (C=O) groups is 2. The van der Waals surface area contributed by atoms with E-state index in [2.05, 4.69) is 21.2 Å². The van der Waals surface area contributed by atoms with Crippen molar-refractivity contribution in [2.24, 2.45) is 0 Å². The number of aldehydes is 1. The molecule has 6 heteroatoms. The standard InChI is InChI=1S/C14H18BrNO4/c1-10(14(18)16-6-3-7-19-2)20-12-4-5-13(15)11(8-12)9-17/h4-5,8-10H,3,6-7H2,1-2H3,(H,16,18). The van der Waals surface area contributed by atoms with Gasteiger partial charge in [0, 0.05) is 30.3 Å². The van der Waals surface area contributed by atoms with Gasteiger partial charge in [-0.05, 0) is 31.5 Å². The van der Waals surface area contributed by atoms with Gasteiger partial charge in [-0.15, -0.1) is 0 Å². The van der Waals surface area contributed by atoms with Crippen LogP contribution in [0.1, 0.15) is 23.7 Å². The lowest BCUT2D eigenvalue weighted by atomic mass is 10.2. The smallest absolute Gasteiger partial charge is 0.260 e. The van der Waals surface area contributed by atoms with Gasteiger partial charge in [-0.1, -0.05) is 15.9 Å². The third kappa shape index (κ3) is 5.30. The molecule has 110 valence electrons. The lowest BCUT2D eigenvalue weighted by molar-refractivity contribution is -0.127. The summed E-state index contributed by atoms with van der Waals surface area (Å²) < 4.78 is 11.1. The fourth-order valence-electron chi connectivity index (χ4n) is 1.51. The van der Waals surface area contributed by atoms with Gasteiger partial charge in [0.1, 0.15) is 5.75 Å². The molecule has 0 bridgehead atoms. The first kappa shape index (κ1) is 16.7. The van der Waals surface area contributed by atoms with E-state index in [0.717, 1.165) is 12.7 Å². The SMILES string of the molecule is COCCCNC(=O)C(C)Oc1ccc(Br)c(C=O)c1. The van der Waals surface area contributed by atoms with Crippen molar-refractivity contribution >= 4 is 28.1 Å². The van der Waals surface area contributed by atoms with E-state index in [9.17, 15) is 9.59 Å². The molecule has 1 unspecified atom stereocenters. The topological polar surface area (TPSA) is 64.6 Å². The van der Waals surface area contributed by atoms with Crippen molar-refractivity contribution in [3.05, 3.63) is 28.2 Å². The van der Waals surface area contributed by atoms with E-state index in [0.29, 0.717) is 28.9 Å². The van der Waals surface area contributed by atoms with Gasteiger partial charge in [0.15, 0.2) is 12.4 Å². The molecule has 1 amide bonds. The normalized spacial score (nSPS) is 11.8. The van der Waals surface area contributed by atoms with E-state index in [1.54, 1.807) is 32.2 Å². The summed E-state index contributed by atoms with van der Waals surface area (Å²) in [6.45, 7) is 2.81. The van der Waals surface area contributed by atoms with Crippen molar-refractivity contribution in [2.45, 2.75) is 19.4 Å². The average Bonchev–Trinajstić information content (AvgIpc) is 2.45. The summed E-state index contributed by atoms with van der Waals surface area (Å²) in [5, 5.41) is 2.75. The maximum atomic E-state index is 11.8. The second-order valence-electron chi connectivity index (χ2n) is 4.20. The number of hydrogen-bond donors (Lipinski definition) is 1. The van der Waals surface area contributed by atoms with Crippen LogP contribution >= 0.6 is 15.9 Å². The van der Waals surface area contributed by atoms with Crippen LogP contribution in [-0.4, -0.2) is 38.6 Å². The number of ether oxygens (including phenoxy) is 2. The van der Waals surface area contributed by atoms with Crippen molar-refractivity contribution in [1.82, 2.24) is 5.32 Å². The van der Waals surface area contributed by atoms with Crippen molar-refractivity contribution in [2.75, 3.05) is 20.3 Å². The largest absolute Gasteiger partial charge is 0.481 e. The number of nitrogens with one attached hydrogen (secondary N) is 1. The number of carbonyl (C=O) groups excluding carboxylic acids is 2. The molecule has 0 aliphatic rings. The molecule has 1 rings (SSSR count). The molecule has 20 heavy (non-hydrogen) atoms. The van der Waals surface area contributed by atoms with Gasteiger partial charge in [0.25, 0.3) is 5.91 Å². The molecule has 0 saturated carbocycles. The Morgan fingerprint density at radius 3 is 2.90 bits per heavy atom. The molecule has 0 spiro atoms. The predicted octanol–water partition coefficient (Wildman–Crippen LogP) is 2.18. The Hall–Kier alpha value is -1.40. The Morgan fingerprint density at radius 2 is 2.25 bits per heavy atom. The average molecular weight is 344 g/mol. The second kappa shape index (κ2) is 8.71. The lowest BCUT2D eigenvalue weighted by Crippen LogP contribution is -2.37. The Kier molecular flexibility index (Phi) is 7.25. The third-order valence-electron chi connectivity index (χ3n) is 2.60. The summed E-state index contributed by atoms with van der Waals surface area (Å²) in [5.41, 5.74) is 0.482. The summed E-state index contributed by atoms with van der Waals surface area (Å²) in [6, 6.07) is 5.00. The number of rotatable bonds is 8. The first-order chi connectivity index (χ1) is 9.58. The summed E-state index contributed by atoms with van der Waals surface area (Å²) in [4.78, 5) is 22.6. The molecule has 1 atom stereocenters. The monoisotopic (exact) mass is 343 g/mol. The van der Waals surface area contributed by atoms with Crippen molar-refractivity contribution in [3.8, 4) is 5.75 Å². The van der Waals surface area contributed by atoms with Crippen LogP contribution in [0, 0.1) is 0 Å². The van der Waals surface area contributed by atoms with Crippen LogP contribution in [-0.2, 0) is 9.53 Å². The zero-order valence-corrected chi connectivity index (χ0v) is 13.1. The summed E-state index contributed by atoms with van der Waals surface area (Å²) in [5.74, 6) is 0.284. The molecule has 0 fully saturated rings. The molecule has 1 N–H and O–H groups in total. The summed E-state index contributed by atoms with van der Waals surface area (Å²) in [7, 11) is 1.62. The van der Waals surface area contributed by atoms with Gasteiger partial charge < -0.3 is 14.8 Å². The first-order valence-electron chi connectivity index (χ1n) is 6.26.